The molecule has 0 N–H and O–H groups in total. The van der Waals surface area contributed by atoms with Gasteiger partial charge in [0, 0.05) is 0 Å². The Hall–Kier alpha value is -1.09. The van der Waals surface area contributed by atoms with Crippen LogP contribution in [0.2, 0.25) is 0 Å². The van der Waals surface area contributed by atoms with E-state index in [2.05, 4.69) is 4.74 Å². The maximum atomic E-state index is 14.6. The average Bonchev–Trinajstić information content (AvgIpc) is 2.56. The van der Waals surface area contributed by atoms with E-state index < -0.39 is 60.9 Å². The zero-order valence-electron chi connectivity index (χ0n) is 15.9. The second-order valence-corrected chi connectivity index (χ2v) is 7.64. The van der Waals surface area contributed by atoms with Gasteiger partial charge >= 0.3 is 17.8 Å². The van der Waals surface area contributed by atoms with Crippen LogP contribution in [-0.2, 0) is 9.53 Å². The van der Waals surface area contributed by atoms with Gasteiger partial charge in [-0.2, -0.15) is 17.6 Å². The van der Waals surface area contributed by atoms with Crippen LogP contribution in [0.5, 0.6) is 0 Å². The summed E-state index contributed by atoms with van der Waals surface area (Å²) in [6, 6.07) is 0. The van der Waals surface area contributed by atoms with E-state index in [1.54, 1.807) is 27.7 Å². The molecule has 0 spiro atoms. The molecule has 10 heteroatoms. The second kappa shape index (κ2) is 8.94. The highest BCUT2D eigenvalue weighted by molar-refractivity contribution is 5.76. The number of alkyl halides is 8. The lowest BCUT2D eigenvalue weighted by Gasteiger charge is -2.39. The molecule has 0 aliphatic carbocycles. The van der Waals surface area contributed by atoms with Crippen molar-refractivity contribution >= 4 is 5.97 Å². The van der Waals surface area contributed by atoms with Gasteiger partial charge in [-0.15, -0.1) is 0 Å². The molecule has 0 fully saturated rings. The summed E-state index contributed by atoms with van der Waals surface area (Å²) in [7, 11) is 0. The molecule has 0 aliphatic rings. The van der Waals surface area contributed by atoms with Crippen LogP contribution < -0.4 is 0 Å². The Labute approximate surface area is 153 Å². The fourth-order valence-electron chi connectivity index (χ4n) is 2.63. The molecule has 0 amide bonds. The average molecular weight is 414 g/mol. The molecule has 0 aliphatic heterocycles. The van der Waals surface area contributed by atoms with Crippen molar-refractivity contribution in [3.8, 4) is 0 Å². The van der Waals surface area contributed by atoms with Crippen molar-refractivity contribution in [1.29, 1.82) is 0 Å². The van der Waals surface area contributed by atoms with E-state index in [4.69, 9.17) is 0 Å². The number of ether oxygens (including phenoxy) is 1. The number of carbonyl (C=O) groups is 1. The van der Waals surface area contributed by atoms with Gasteiger partial charge in [0.25, 0.3) is 0 Å². The maximum absolute atomic E-state index is 14.6. The minimum Gasteiger partial charge on any atom is -0.461 e. The molecule has 0 heterocycles. The summed E-state index contributed by atoms with van der Waals surface area (Å²) in [5.41, 5.74) is -6.25. The van der Waals surface area contributed by atoms with Crippen molar-refractivity contribution in [1.82, 2.24) is 0 Å². The van der Waals surface area contributed by atoms with Crippen molar-refractivity contribution in [2.24, 2.45) is 17.3 Å². The quantitative estimate of drug-likeness (QED) is 0.330. The Morgan fingerprint density at radius 2 is 1.48 bits per heavy atom. The first-order chi connectivity index (χ1) is 12.0. The maximum Gasteiger partial charge on any atom is 0.352 e. The van der Waals surface area contributed by atoms with Gasteiger partial charge in [0.15, 0.2) is 12.8 Å². The standard InChI is InChI=1S/C17H26F8O2/c1-10(2)6-14(5,11(3)4)13(26)27-9-15(21,12(20)7-18)17(24,25)16(22,23)8-19/h10-12H,6-9H2,1-5H3. The van der Waals surface area contributed by atoms with Crippen LogP contribution >= 0.6 is 0 Å². The van der Waals surface area contributed by atoms with Gasteiger partial charge in [-0.3, -0.25) is 4.79 Å². The van der Waals surface area contributed by atoms with Crippen molar-refractivity contribution in [3.63, 3.8) is 0 Å². The normalized spacial score (nSPS) is 18.9. The number of rotatable bonds is 11. The van der Waals surface area contributed by atoms with Crippen LogP contribution in [0.15, 0.2) is 0 Å². The number of halogens is 8. The third-order valence-corrected chi connectivity index (χ3v) is 4.77. The molecule has 0 bridgehead atoms. The van der Waals surface area contributed by atoms with E-state index in [-0.39, 0.29) is 12.3 Å². The highest BCUT2D eigenvalue weighted by Crippen LogP contribution is 2.48. The van der Waals surface area contributed by atoms with E-state index in [9.17, 15) is 39.9 Å². The van der Waals surface area contributed by atoms with Crippen LogP contribution in [0.3, 0.4) is 0 Å². The molecule has 0 radical (unpaired) electrons. The third kappa shape index (κ3) is 5.04. The zero-order chi connectivity index (χ0) is 21.8. The minimum absolute atomic E-state index is 0.0721. The lowest BCUT2D eigenvalue weighted by atomic mass is 9.73. The van der Waals surface area contributed by atoms with Gasteiger partial charge in [0.2, 0.25) is 5.67 Å². The minimum atomic E-state index is -5.95. The Morgan fingerprint density at radius 3 is 1.81 bits per heavy atom. The van der Waals surface area contributed by atoms with Gasteiger partial charge in [-0.25, -0.2) is 17.6 Å². The Balaban J connectivity index is 5.78. The Morgan fingerprint density at radius 1 is 1.00 bits per heavy atom. The summed E-state index contributed by atoms with van der Waals surface area (Å²) < 4.78 is 111. The molecule has 162 valence electrons. The van der Waals surface area contributed by atoms with Crippen molar-refractivity contribution < 1.29 is 44.7 Å². The highest BCUT2D eigenvalue weighted by atomic mass is 19.3. The summed E-state index contributed by atoms with van der Waals surface area (Å²) in [5, 5.41) is 0. The van der Waals surface area contributed by atoms with Crippen LogP contribution in [0, 0.1) is 17.3 Å². The summed E-state index contributed by atoms with van der Waals surface area (Å²) >= 11 is 0. The van der Waals surface area contributed by atoms with Gasteiger partial charge in [0.05, 0.1) is 5.41 Å². The largest absolute Gasteiger partial charge is 0.461 e. The molecule has 0 saturated heterocycles. The van der Waals surface area contributed by atoms with Crippen molar-refractivity contribution in [2.45, 2.75) is 64.7 Å². The summed E-state index contributed by atoms with van der Waals surface area (Å²) in [4.78, 5) is 12.3. The van der Waals surface area contributed by atoms with Gasteiger partial charge in [-0.05, 0) is 25.2 Å². The lowest BCUT2D eigenvalue weighted by molar-refractivity contribution is -0.298. The number of esters is 1. The fourth-order valence-corrected chi connectivity index (χ4v) is 2.63. The molecule has 27 heavy (non-hydrogen) atoms. The monoisotopic (exact) mass is 414 g/mol. The smallest absolute Gasteiger partial charge is 0.352 e. The van der Waals surface area contributed by atoms with E-state index in [1.807, 2.05) is 0 Å². The molecule has 0 aromatic heterocycles. The Kier molecular flexibility index (Phi) is 8.58. The predicted octanol–water partition coefficient (Wildman–Crippen LogP) is 5.49. The fraction of sp³-hybridized carbons (Fsp3) is 0.941. The molecule has 2 nitrogen and oxygen atoms in total. The second-order valence-electron chi connectivity index (χ2n) is 7.64. The first-order valence-corrected chi connectivity index (χ1v) is 8.41. The molecule has 0 aromatic carbocycles. The molecule has 0 aromatic rings. The van der Waals surface area contributed by atoms with Crippen LogP contribution in [0.4, 0.5) is 35.1 Å². The first kappa shape index (κ1) is 25.9. The summed E-state index contributed by atoms with van der Waals surface area (Å²) in [5.74, 6) is -13.3. The highest BCUT2D eigenvalue weighted by Gasteiger charge is 2.73. The molecule has 0 saturated carbocycles. The number of hydrogen-bond donors (Lipinski definition) is 0. The van der Waals surface area contributed by atoms with Crippen LogP contribution in [0.25, 0.3) is 0 Å². The van der Waals surface area contributed by atoms with Crippen LogP contribution in [-0.4, -0.2) is 49.6 Å². The first-order valence-electron chi connectivity index (χ1n) is 8.41. The SMILES string of the molecule is CC(C)CC(C)(C(=O)OCC(F)(C(F)CF)C(F)(F)C(F)(F)CF)C(C)C. The number of hydrogen-bond acceptors (Lipinski definition) is 2. The van der Waals surface area contributed by atoms with E-state index in [0.717, 1.165) is 0 Å². The van der Waals surface area contributed by atoms with Gasteiger partial charge in [0.1, 0.15) is 13.3 Å². The zero-order valence-corrected chi connectivity index (χ0v) is 15.9. The topological polar surface area (TPSA) is 26.3 Å². The van der Waals surface area contributed by atoms with Gasteiger partial charge in [-0.1, -0.05) is 27.7 Å². The van der Waals surface area contributed by atoms with Crippen molar-refractivity contribution in [2.75, 3.05) is 20.0 Å². The number of carbonyl (C=O) groups excluding carboxylic acids is 1. The molecule has 3 unspecified atom stereocenters. The van der Waals surface area contributed by atoms with Gasteiger partial charge < -0.3 is 4.74 Å². The van der Waals surface area contributed by atoms with Crippen molar-refractivity contribution in [3.05, 3.63) is 0 Å². The molecule has 3 atom stereocenters. The molecular weight excluding hydrogens is 388 g/mol. The summed E-state index contributed by atoms with van der Waals surface area (Å²) in [6.07, 6.45) is -3.57. The van der Waals surface area contributed by atoms with E-state index in [0.29, 0.717) is 0 Å². The molecular formula is C17H26F8O2. The third-order valence-electron chi connectivity index (χ3n) is 4.77. The van der Waals surface area contributed by atoms with E-state index in [1.165, 1.54) is 6.92 Å². The predicted molar refractivity (Wildman–Crippen MR) is 83.9 cm³/mol. The van der Waals surface area contributed by atoms with E-state index >= 15 is 0 Å². The Bertz CT molecular complexity index is 497. The lowest BCUT2D eigenvalue weighted by Crippen LogP contribution is -2.64. The molecule has 0 rings (SSSR count). The van der Waals surface area contributed by atoms with Crippen LogP contribution in [0.1, 0.15) is 41.0 Å². The summed E-state index contributed by atoms with van der Waals surface area (Å²) in [6.45, 7) is 0.495.